The van der Waals surface area contributed by atoms with Gasteiger partial charge in [0.25, 0.3) is 0 Å². The topological polar surface area (TPSA) is 49.3 Å². The van der Waals surface area contributed by atoms with Crippen LogP contribution >= 0.6 is 11.8 Å². The average molecular weight is 293 g/mol. The van der Waals surface area contributed by atoms with E-state index < -0.39 is 5.60 Å². The molecule has 20 heavy (non-hydrogen) atoms. The van der Waals surface area contributed by atoms with E-state index >= 15 is 0 Å². The minimum absolute atomic E-state index is 0.0234. The summed E-state index contributed by atoms with van der Waals surface area (Å²) in [5, 5.41) is 13.1. The summed E-state index contributed by atoms with van der Waals surface area (Å²) < 4.78 is 0. The number of carbonyl (C=O) groups excluding carboxylic acids is 1. The molecular weight excluding hydrogens is 270 g/mol. The van der Waals surface area contributed by atoms with Crippen molar-refractivity contribution in [3.8, 4) is 0 Å². The van der Waals surface area contributed by atoms with E-state index in [4.69, 9.17) is 0 Å². The van der Waals surface area contributed by atoms with Gasteiger partial charge in [-0.15, -0.1) is 11.8 Å². The largest absolute Gasteiger partial charge is 0.388 e. The van der Waals surface area contributed by atoms with Crippen LogP contribution in [-0.4, -0.2) is 28.4 Å². The van der Waals surface area contributed by atoms with Gasteiger partial charge in [-0.3, -0.25) is 4.79 Å². The number of hydrogen-bond donors (Lipinski definition) is 2. The highest BCUT2D eigenvalue weighted by Crippen LogP contribution is 2.36. The number of rotatable bonds is 5. The van der Waals surface area contributed by atoms with Crippen LogP contribution in [0.4, 0.5) is 0 Å². The number of fused-ring (bicyclic) bond motifs is 1. The molecule has 0 saturated heterocycles. The summed E-state index contributed by atoms with van der Waals surface area (Å²) >= 11 is 1.62. The van der Waals surface area contributed by atoms with Crippen molar-refractivity contribution in [1.82, 2.24) is 5.32 Å². The van der Waals surface area contributed by atoms with Gasteiger partial charge >= 0.3 is 0 Å². The van der Waals surface area contributed by atoms with Crippen molar-refractivity contribution < 1.29 is 9.90 Å². The molecule has 4 heteroatoms. The molecule has 0 saturated carbocycles. The van der Waals surface area contributed by atoms with Crippen LogP contribution in [0, 0.1) is 5.92 Å². The molecule has 0 aromatic heterocycles. The van der Waals surface area contributed by atoms with Crippen molar-refractivity contribution in [3.63, 3.8) is 0 Å². The highest BCUT2D eigenvalue weighted by atomic mass is 32.2. The maximum absolute atomic E-state index is 12.2. The third-order valence-corrected chi connectivity index (χ3v) is 4.75. The van der Waals surface area contributed by atoms with Gasteiger partial charge in [0.05, 0.1) is 10.9 Å². The van der Waals surface area contributed by atoms with Gasteiger partial charge in [0.2, 0.25) is 5.91 Å². The quantitative estimate of drug-likeness (QED) is 0.877. The Balaban J connectivity index is 1.85. The average Bonchev–Trinajstić information content (AvgIpc) is 2.78. The van der Waals surface area contributed by atoms with Crippen LogP contribution < -0.4 is 5.32 Å². The summed E-state index contributed by atoms with van der Waals surface area (Å²) in [6.07, 6.45) is 1.46. The normalized spacial score (nSPS) is 20.6. The third-order valence-electron chi connectivity index (χ3n) is 3.43. The molecule has 2 rings (SSSR count). The van der Waals surface area contributed by atoms with Gasteiger partial charge in [-0.1, -0.05) is 32.0 Å². The lowest BCUT2D eigenvalue weighted by Gasteiger charge is -2.26. The molecule has 1 aromatic carbocycles. The Kier molecular flexibility index (Phi) is 4.76. The standard InChI is InChI=1S/C16H23NO2S/c1-11(2)9-16(3,19)10-17-15(18)14-8-12-6-4-5-7-13(12)20-14/h4-7,11,14,19H,8-10H2,1-3H3,(H,17,18). The lowest BCUT2D eigenvalue weighted by Crippen LogP contribution is -2.44. The van der Waals surface area contributed by atoms with Crippen LogP contribution in [0.25, 0.3) is 0 Å². The molecule has 1 aliphatic rings. The highest BCUT2D eigenvalue weighted by Gasteiger charge is 2.30. The second-order valence-corrected chi connectivity index (χ2v) is 7.48. The van der Waals surface area contributed by atoms with Gasteiger partial charge in [-0.2, -0.15) is 0 Å². The molecule has 2 atom stereocenters. The number of benzene rings is 1. The molecule has 3 nitrogen and oxygen atoms in total. The molecule has 0 aliphatic carbocycles. The van der Waals surface area contributed by atoms with Crippen LogP contribution in [0.2, 0.25) is 0 Å². The SMILES string of the molecule is CC(C)CC(C)(O)CNC(=O)C1Cc2ccccc2S1. The first kappa shape index (κ1) is 15.4. The van der Waals surface area contributed by atoms with E-state index in [0.29, 0.717) is 18.9 Å². The van der Waals surface area contributed by atoms with Crippen LogP contribution in [-0.2, 0) is 11.2 Å². The smallest absolute Gasteiger partial charge is 0.233 e. The Morgan fingerprint density at radius 2 is 2.20 bits per heavy atom. The molecule has 1 amide bonds. The fourth-order valence-electron chi connectivity index (χ4n) is 2.67. The predicted octanol–water partition coefficient (Wildman–Crippen LogP) is 2.62. The molecule has 0 bridgehead atoms. The molecule has 1 heterocycles. The zero-order chi connectivity index (χ0) is 14.8. The Morgan fingerprint density at radius 1 is 1.50 bits per heavy atom. The van der Waals surface area contributed by atoms with Gasteiger partial charge in [0, 0.05) is 11.4 Å². The second kappa shape index (κ2) is 6.19. The fraction of sp³-hybridized carbons (Fsp3) is 0.562. The van der Waals surface area contributed by atoms with E-state index in [0.717, 1.165) is 6.42 Å². The van der Waals surface area contributed by atoms with E-state index in [1.54, 1.807) is 18.7 Å². The monoisotopic (exact) mass is 293 g/mol. The van der Waals surface area contributed by atoms with E-state index in [-0.39, 0.29) is 11.2 Å². The second-order valence-electron chi connectivity index (χ2n) is 6.23. The van der Waals surface area contributed by atoms with E-state index in [9.17, 15) is 9.90 Å². The van der Waals surface area contributed by atoms with Gasteiger partial charge in [0.1, 0.15) is 0 Å². The summed E-state index contributed by atoms with van der Waals surface area (Å²) in [5.41, 5.74) is 0.409. The minimum atomic E-state index is -0.833. The lowest BCUT2D eigenvalue weighted by molar-refractivity contribution is -0.121. The summed E-state index contributed by atoms with van der Waals surface area (Å²) in [6.45, 7) is 6.24. The molecule has 0 spiro atoms. The van der Waals surface area contributed by atoms with Crippen molar-refractivity contribution in [1.29, 1.82) is 0 Å². The summed E-state index contributed by atoms with van der Waals surface area (Å²) in [5.74, 6) is 0.433. The first-order chi connectivity index (χ1) is 9.37. The molecule has 2 unspecified atom stereocenters. The Bertz CT molecular complexity index is 460. The number of nitrogens with one attached hydrogen (secondary N) is 1. The minimum Gasteiger partial charge on any atom is -0.388 e. The molecule has 2 N–H and O–H groups in total. The van der Waals surface area contributed by atoms with E-state index in [2.05, 4.69) is 31.3 Å². The molecule has 0 radical (unpaired) electrons. The number of hydrogen-bond acceptors (Lipinski definition) is 3. The van der Waals surface area contributed by atoms with Crippen molar-refractivity contribution >= 4 is 17.7 Å². The van der Waals surface area contributed by atoms with Crippen molar-refractivity contribution in [3.05, 3.63) is 29.8 Å². The number of aliphatic hydroxyl groups is 1. The van der Waals surface area contributed by atoms with Gasteiger partial charge in [-0.25, -0.2) is 0 Å². The molecular formula is C16H23NO2S. The third kappa shape index (κ3) is 4.00. The van der Waals surface area contributed by atoms with Gasteiger partial charge in [-0.05, 0) is 37.3 Å². The number of thioether (sulfide) groups is 1. The summed E-state index contributed by atoms with van der Waals surface area (Å²) in [7, 11) is 0. The van der Waals surface area contributed by atoms with Crippen LogP contribution in [0.5, 0.6) is 0 Å². The number of amides is 1. The summed E-state index contributed by atoms with van der Waals surface area (Å²) in [6, 6.07) is 8.14. The highest BCUT2D eigenvalue weighted by molar-refractivity contribution is 8.01. The van der Waals surface area contributed by atoms with E-state index in [1.807, 2.05) is 12.1 Å². The Labute approximate surface area is 125 Å². The molecule has 0 fully saturated rings. The molecule has 110 valence electrons. The predicted molar refractivity (Wildman–Crippen MR) is 82.9 cm³/mol. The fourth-order valence-corrected chi connectivity index (χ4v) is 3.89. The lowest BCUT2D eigenvalue weighted by atomic mass is 9.94. The van der Waals surface area contributed by atoms with Gasteiger partial charge < -0.3 is 10.4 Å². The summed E-state index contributed by atoms with van der Waals surface area (Å²) in [4.78, 5) is 13.4. The van der Waals surface area contributed by atoms with Gasteiger partial charge in [0.15, 0.2) is 0 Å². The maximum Gasteiger partial charge on any atom is 0.233 e. The van der Waals surface area contributed by atoms with E-state index in [1.165, 1.54) is 10.5 Å². The Hall–Kier alpha value is -1.00. The zero-order valence-electron chi connectivity index (χ0n) is 12.3. The Morgan fingerprint density at radius 3 is 2.85 bits per heavy atom. The van der Waals surface area contributed by atoms with Crippen LogP contribution in [0.3, 0.4) is 0 Å². The zero-order valence-corrected chi connectivity index (χ0v) is 13.2. The first-order valence-corrected chi connectivity index (χ1v) is 8.00. The van der Waals surface area contributed by atoms with Crippen LogP contribution in [0.15, 0.2) is 29.2 Å². The molecule has 1 aliphatic heterocycles. The van der Waals surface area contributed by atoms with Crippen molar-refractivity contribution in [2.24, 2.45) is 5.92 Å². The maximum atomic E-state index is 12.2. The van der Waals surface area contributed by atoms with Crippen LogP contribution in [0.1, 0.15) is 32.8 Å². The molecule has 1 aromatic rings. The first-order valence-electron chi connectivity index (χ1n) is 7.12. The van der Waals surface area contributed by atoms with Crippen molar-refractivity contribution in [2.75, 3.05) is 6.54 Å². The van der Waals surface area contributed by atoms with Crippen molar-refractivity contribution in [2.45, 2.75) is 49.4 Å². The number of carbonyl (C=O) groups is 1.